The number of hydrogen-bond donors (Lipinski definition) is 1. The van der Waals surface area contributed by atoms with Gasteiger partial charge in [-0.1, -0.05) is 17.8 Å². The molecule has 1 N–H and O–H groups in total. The average molecular weight is 458 g/mol. The van der Waals surface area contributed by atoms with Gasteiger partial charge in [0.15, 0.2) is 5.82 Å². The smallest absolute Gasteiger partial charge is 0.223 e. The van der Waals surface area contributed by atoms with Crippen molar-refractivity contribution >= 4 is 29.4 Å². The molecule has 3 heterocycles. The SMILES string of the molecule is O=C(NCCCN1CCCC1=O)C1CCN(c2ccc(Sc3cccc(F)c3)nn2)CC1. The van der Waals surface area contributed by atoms with Crippen LogP contribution in [0.25, 0.3) is 0 Å². The van der Waals surface area contributed by atoms with Crippen molar-refractivity contribution < 1.29 is 14.0 Å². The molecule has 9 heteroatoms. The van der Waals surface area contributed by atoms with Crippen molar-refractivity contribution in [2.24, 2.45) is 5.92 Å². The molecule has 32 heavy (non-hydrogen) atoms. The minimum atomic E-state index is -0.270. The third kappa shape index (κ3) is 5.97. The van der Waals surface area contributed by atoms with Crippen molar-refractivity contribution in [1.29, 1.82) is 0 Å². The molecule has 2 amide bonds. The van der Waals surface area contributed by atoms with E-state index in [1.54, 1.807) is 6.07 Å². The lowest BCUT2D eigenvalue weighted by Crippen LogP contribution is -2.41. The first-order valence-electron chi connectivity index (χ1n) is 11.2. The summed E-state index contributed by atoms with van der Waals surface area (Å²) in [7, 11) is 0. The number of amides is 2. The topological polar surface area (TPSA) is 78.4 Å². The van der Waals surface area contributed by atoms with Crippen LogP contribution in [0.1, 0.15) is 32.1 Å². The number of piperidine rings is 1. The summed E-state index contributed by atoms with van der Waals surface area (Å²) in [6.45, 7) is 3.69. The Morgan fingerprint density at radius 2 is 2.00 bits per heavy atom. The second kappa shape index (κ2) is 10.8. The molecule has 1 aromatic carbocycles. The molecule has 1 aromatic heterocycles. The number of carbonyl (C=O) groups is 2. The second-order valence-electron chi connectivity index (χ2n) is 8.18. The van der Waals surface area contributed by atoms with E-state index in [1.165, 1.54) is 23.9 Å². The van der Waals surface area contributed by atoms with Gasteiger partial charge in [0.25, 0.3) is 0 Å². The van der Waals surface area contributed by atoms with E-state index in [-0.39, 0.29) is 23.5 Å². The van der Waals surface area contributed by atoms with Crippen LogP contribution in [0.4, 0.5) is 10.2 Å². The molecule has 2 fully saturated rings. The van der Waals surface area contributed by atoms with E-state index in [4.69, 9.17) is 0 Å². The van der Waals surface area contributed by atoms with Gasteiger partial charge in [0.1, 0.15) is 10.8 Å². The predicted molar refractivity (Wildman–Crippen MR) is 121 cm³/mol. The first-order chi connectivity index (χ1) is 15.6. The number of nitrogens with zero attached hydrogens (tertiary/aromatic N) is 4. The van der Waals surface area contributed by atoms with Crippen molar-refractivity contribution in [3.8, 4) is 0 Å². The molecule has 2 aromatic rings. The van der Waals surface area contributed by atoms with Crippen LogP contribution in [0.5, 0.6) is 0 Å². The number of aromatic nitrogens is 2. The fourth-order valence-corrected chi connectivity index (χ4v) is 4.90. The van der Waals surface area contributed by atoms with Crippen LogP contribution in [-0.4, -0.2) is 59.6 Å². The van der Waals surface area contributed by atoms with Crippen LogP contribution in [0, 0.1) is 11.7 Å². The van der Waals surface area contributed by atoms with Gasteiger partial charge in [-0.25, -0.2) is 4.39 Å². The zero-order valence-corrected chi connectivity index (χ0v) is 18.8. The van der Waals surface area contributed by atoms with Crippen LogP contribution in [0.15, 0.2) is 46.3 Å². The Labute approximate surface area is 191 Å². The van der Waals surface area contributed by atoms with Crippen molar-refractivity contribution in [3.05, 3.63) is 42.2 Å². The Kier molecular flexibility index (Phi) is 7.57. The molecule has 2 aliphatic rings. The van der Waals surface area contributed by atoms with Crippen molar-refractivity contribution in [1.82, 2.24) is 20.4 Å². The largest absolute Gasteiger partial charge is 0.356 e. The maximum absolute atomic E-state index is 13.3. The fraction of sp³-hybridized carbons (Fsp3) is 0.478. The standard InChI is InChI=1S/C23H28FN5O2S/c24-18-4-1-5-19(16-18)32-21-8-7-20(26-27-21)28-14-9-17(10-15-28)23(31)25-11-3-13-29-12-2-6-22(29)30/h1,4-5,7-8,16-17H,2-3,6,9-15H2,(H,25,31). The van der Waals surface area contributed by atoms with Gasteiger partial charge in [-0.3, -0.25) is 9.59 Å². The number of hydrogen-bond acceptors (Lipinski definition) is 6. The lowest BCUT2D eigenvalue weighted by atomic mass is 9.96. The summed E-state index contributed by atoms with van der Waals surface area (Å²) in [5, 5.41) is 12.3. The van der Waals surface area contributed by atoms with E-state index >= 15 is 0 Å². The normalized spacial score (nSPS) is 17.1. The number of nitrogens with one attached hydrogen (secondary N) is 1. The lowest BCUT2D eigenvalue weighted by molar-refractivity contribution is -0.127. The average Bonchev–Trinajstić information content (AvgIpc) is 3.22. The minimum absolute atomic E-state index is 0.00966. The number of halogens is 1. The van der Waals surface area contributed by atoms with Crippen LogP contribution in [0.2, 0.25) is 0 Å². The monoisotopic (exact) mass is 457 g/mol. The molecule has 0 spiro atoms. The van der Waals surface area contributed by atoms with E-state index < -0.39 is 0 Å². The molecule has 0 atom stereocenters. The Hall–Kier alpha value is -2.68. The molecule has 0 aliphatic carbocycles. The summed E-state index contributed by atoms with van der Waals surface area (Å²) in [6, 6.07) is 10.2. The molecule has 0 radical (unpaired) electrons. The van der Waals surface area contributed by atoms with E-state index in [1.807, 2.05) is 23.1 Å². The summed E-state index contributed by atoms with van der Waals surface area (Å²) in [4.78, 5) is 28.9. The Balaban J connectivity index is 1.18. The Morgan fingerprint density at radius 3 is 2.69 bits per heavy atom. The molecule has 0 saturated carbocycles. The number of carbonyl (C=O) groups excluding carboxylic acids is 2. The lowest BCUT2D eigenvalue weighted by Gasteiger charge is -2.31. The highest BCUT2D eigenvalue weighted by Crippen LogP contribution is 2.28. The molecular weight excluding hydrogens is 429 g/mol. The van der Waals surface area contributed by atoms with Crippen molar-refractivity contribution in [2.75, 3.05) is 37.6 Å². The maximum atomic E-state index is 13.3. The van der Waals surface area contributed by atoms with Crippen LogP contribution in [0.3, 0.4) is 0 Å². The number of anilines is 1. The summed E-state index contributed by atoms with van der Waals surface area (Å²) >= 11 is 1.37. The van der Waals surface area contributed by atoms with E-state index in [0.717, 1.165) is 62.6 Å². The first kappa shape index (κ1) is 22.5. The third-order valence-corrected chi connectivity index (χ3v) is 6.83. The minimum Gasteiger partial charge on any atom is -0.356 e. The fourth-order valence-electron chi connectivity index (χ4n) is 4.12. The summed E-state index contributed by atoms with van der Waals surface area (Å²) in [6.07, 6.45) is 3.95. The molecule has 170 valence electrons. The predicted octanol–water partition coefficient (Wildman–Crippen LogP) is 3.11. The van der Waals surface area contributed by atoms with Crippen molar-refractivity contribution in [2.45, 2.75) is 42.0 Å². The van der Waals surface area contributed by atoms with Crippen LogP contribution < -0.4 is 10.2 Å². The van der Waals surface area contributed by atoms with Crippen molar-refractivity contribution in [3.63, 3.8) is 0 Å². The van der Waals surface area contributed by atoms with E-state index in [2.05, 4.69) is 20.4 Å². The molecule has 2 saturated heterocycles. The molecule has 7 nitrogen and oxygen atoms in total. The van der Waals surface area contributed by atoms with Crippen LogP contribution >= 0.6 is 11.8 Å². The van der Waals surface area contributed by atoms with Gasteiger partial charge in [-0.05, 0) is 56.0 Å². The van der Waals surface area contributed by atoms with Gasteiger partial charge >= 0.3 is 0 Å². The molecule has 0 bridgehead atoms. The number of rotatable bonds is 8. The highest BCUT2D eigenvalue weighted by Gasteiger charge is 2.26. The highest BCUT2D eigenvalue weighted by molar-refractivity contribution is 7.99. The number of benzene rings is 1. The molecule has 2 aliphatic heterocycles. The summed E-state index contributed by atoms with van der Waals surface area (Å²) in [5.74, 6) is 0.865. The highest BCUT2D eigenvalue weighted by atomic mass is 32.2. The third-order valence-electron chi connectivity index (χ3n) is 5.91. The summed E-state index contributed by atoms with van der Waals surface area (Å²) in [5.41, 5.74) is 0. The zero-order chi connectivity index (χ0) is 22.3. The molecule has 0 unspecified atom stereocenters. The zero-order valence-electron chi connectivity index (χ0n) is 18.0. The molecule has 4 rings (SSSR count). The van der Waals surface area contributed by atoms with Gasteiger partial charge in [0, 0.05) is 50.0 Å². The Bertz CT molecular complexity index is 934. The van der Waals surface area contributed by atoms with E-state index in [9.17, 15) is 14.0 Å². The Morgan fingerprint density at radius 1 is 1.16 bits per heavy atom. The van der Waals surface area contributed by atoms with Crippen LogP contribution in [-0.2, 0) is 9.59 Å². The van der Waals surface area contributed by atoms with E-state index in [0.29, 0.717) is 18.0 Å². The van der Waals surface area contributed by atoms with Gasteiger partial charge < -0.3 is 15.1 Å². The molecular formula is C23H28FN5O2S. The van der Waals surface area contributed by atoms with Gasteiger partial charge in [-0.15, -0.1) is 10.2 Å². The second-order valence-corrected chi connectivity index (χ2v) is 9.27. The first-order valence-corrected chi connectivity index (χ1v) is 12.0. The quantitative estimate of drug-likeness (QED) is 0.614. The van der Waals surface area contributed by atoms with Gasteiger partial charge in [0.2, 0.25) is 11.8 Å². The van der Waals surface area contributed by atoms with Gasteiger partial charge in [-0.2, -0.15) is 0 Å². The summed E-state index contributed by atoms with van der Waals surface area (Å²) < 4.78 is 13.3. The number of likely N-dealkylation sites (tertiary alicyclic amines) is 1. The van der Waals surface area contributed by atoms with Gasteiger partial charge in [0.05, 0.1) is 0 Å². The maximum Gasteiger partial charge on any atom is 0.223 e.